The van der Waals surface area contributed by atoms with Gasteiger partial charge in [0.05, 0.1) is 25.0 Å². The Balaban J connectivity index is 2.56. The van der Waals surface area contributed by atoms with E-state index in [1.54, 1.807) is 12.3 Å². The molecule has 0 saturated carbocycles. The number of aliphatic hydroxyl groups excluding tert-OH is 1. The fourth-order valence-corrected chi connectivity index (χ4v) is 2.69. The van der Waals surface area contributed by atoms with Crippen molar-refractivity contribution in [3.63, 3.8) is 0 Å². The van der Waals surface area contributed by atoms with E-state index in [-0.39, 0.29) is 30.1 Å². The summed E-state index contributed by atoms with van der Waals surface area (Å²) < 4.78 is 24.2. The molecular formula is C9H15N3O4S2. The third-order valence-electron chi connectivity index (χ3n) is 1.85. The Morgan fingerprint density at radius 2 is 2.28 bits per heavy atom. The number of nitrogens with zero attached hydrogens (tertiary/aromatic N) is 1. The highest BCUT2D eigenvalue weighted by atomic mass is 32.2. The van der Waals surface area contributed by atoms with Crippen LogP contribution < -0.4 is 10.0 Å². The SMILES string of the molecule is C[C@@H](CO)NC(=O)Cc1csc(NS(C)(=O)=O)n1. The molecule has 7 nitrogen and oxygen atoms in total. The second-order valence-electron chi connectivity index (χ2n) is 3.85. The van der Waals surface area contributed by atoms with Gasteiger partial charge in [-0.1, -0.05) is 0 Å². The molecule has 0 unspecified atom stereocenters. The maximum Gasteiger partial charge on any atom is 0.231 e. The summed E-state index contributed by atoms with van der Waals surface area (Å²) in [5.41, 5.74) is 0.480. The zero-order valence-electron chi connectivity index (χ0n) is 10.0. The van der Waals surface area contributed by atoms with E-state index in [0.29, 0.717) is 5.69 Å². The average Bonchev–Trinajstić information content (AvgIpc) is 2.62. The van der Waals surface area contributed by atoms with E-state index in [4.69, 9.17) is 5.11 Å². The first-order valence-electron chi connectivity index (χ1n) is 5.12. The van der Waals surface area contributed by atoms with Gasteiger partial charge in [0, 0.05) is 11.4 Å². The van der Waals surface area contributed by atoms with Crippen LogP contribution in [0.25, 0.3) is 0 Å². The van der Waals surface area contributed by atoms with E-state index in [9.17, 15) is 13.2 Å². The Hall–Kier alpha value is -1.19. The number of carbonyl (C=O) groups excluding carboxylic acids is 1. The van der Waals surface area contributed by atoms with Crippen molar-refractivity contribution in [3.8, 4) is 0 Å². The van der Waals surface area contributed by atoms with Gasteiger partial charge in [0.15, 0.2) is 5.13 Å². The highest BCUT2D eigenvalue weighted by molar-refractivity contribution is 7.92. The first kappa shape index (κ1) is 14.9. The number of thiazole rings is 1. The monoisotopic (exact) mass is 293 g/mol. The van der Waals surface area contributed by atoms with E-state index >= 15 is 0 Å². The van der Waals surface area contributed by atoms with Crippen molar-refractivity contribution in [1.29, 1.82) is 0 Å². The van der Waals surface area contributed by atoms with Crippen molar-refractivity contribution >= 4 is 32.4 Å². The first-order chi connectivity index (χ1) is 8.30. The summed E-state index contributed by atoms with van der Waals surface area (Å²) in [6.07, 6.45) is 1.08. The lowest BCUT2D eigenvalue weighted by Gasteiger charge is -2.09. The van der Waals surface area contributed by atoms with E-state index in [1.807, 2.05) is 0 Å². The number of hydrogen-bond donors (Lipinski definition) is 3. The topological polar surface area (TPSA) is 108 Å². The van der Waals surface area contributed by atoms with Crippen LogP contribution in [0.5, 0.6) is 0 Å². The van der Waals surface area contributed by atoms with Crippen LogP contribution in [0.15, 0.2) is 5.38 Å². The number of amides is 1. The summed E-state index contributed by atoms with van der Waals surface area (Å²) in [5, 5.41) is 13.2. The number of aromatic nitrogens is 1. The lowest BCUT2D eigenvalue weighted by molar-refractivity contribution is -0.121. The molecule has 0 bridgehead atoms. The van der Waals surface area contributed by atoms with Gasteiger partial charge in [-0.15, -0.1) is 11.3 Å². The Morgan fingerprint density at radius 3 is 2.83 bits per heavy atom. The number of hydrogen-bond acceptors (Lipinski definition) is 6. The molecule has 3 N–H and O–H groups in total. The highest BCUT2D eigenvalue weighted by Gasteiger charge is 2.11. The molecular weight excluding hydrogens is 278 g/mol. The van der Waals surface area contributed by atoms with Crippen molar-refractivity contribution in [2.24, 2.45) is 0 Å². The fourth-order valence-electron chi connectivity index (χ4n) is 1.13. The predicted octanol–water partition coefficient (Wildman–Crippen LogP) is -0.446. The van der Waals surface area contributed by atoms with E-state index < -0.39 is 10.0 Å². The molecule has 0 fully saturated rings. The van der Waals surface area contributed by atoms with Crippen LogP contribution in [-0.2, 0) is 21.2 Å². The van der Waals surface area contributed by atoms with Crippen molar-refractivity contribution in [3.05, 3.63) is 11.1 Å². The molecule has 1 heterocycles. The Labute approximate surface area is 109 Å². The molecule has 0 aliphatic rings. The van der Waals surface area contributed by atoms with Crippen LogP contribution in [0.4, 0.5) is 5.13 Å². The minimum absolute atomic E-state index is 0.0479. The minimum atomic E-state index is -3.35. The van der Waals surface area contributed by atoms with Crippen LogP contribution in [0.2, 0.25) is 0 Å². The summed E-state index contributed by atoms with van der Waals surface area (Å²) in [6.45, 7) is 1.54. The van der Waals surface area contributed by atoms with Gasteiger partial charge < -0.3 is 10.4 Å². The number of sulfonamides is 1. The molecule has 0 aromatic carbocycles. The molecule has 1 aromatic rings. The summed E-state index contributed by atoms with van der Waals surface area (Å²) in [7, 11) is -3.35. The fraction of sp³-hybridized carbons (Fsp3) is 0.556. The van der Waals surface area contributed by atoms with Gasteiger partial charge in [0.25, 0.3) is 0 Å². The molecule has 0 saturated heterocycles. The standard InChI is InChI=1S/C9H15N3O4S2/c1-6(4-13)10-8(14)3-7-5-17-9(11-7)12-18(2,15)16/h5-6,13H,3-4H2,1-2H3,(H,10,14)(H,11,12)/t6-/m0/s1. The quantitative estimate of drug-likeness (QED) is 0.658. The Bertz CT molecular complexity index is 512. The third kappa shape index (κ3) is 5.43. The number of rotatable bonds is 6. The normalized spacial score (nSPS) is 13.1. The van der Waals surface area contributed by atoms with Crippen molar-refractivity contribution in [2.45, 2.75) is 19.4 Å². The van der Waals surface area contributed by atoms with Gasteiger partial charge in [0.2, 0.25) is 15.9 Å². The first-order valence-corrected chi connectivity index (χ1v) is 7.89. The van der Waals surface area contributed by atoms with Crippen molar-refractivity contribution in [2.75, 3.05) is 17.6 Å². The molecule has 1 amide bonds. The number of aliphatic hydroxyl groups is 1. The van der Waals surface area contributed by atoms with Gasteiger partial charge in [-0.05, 0) is 6.92 Å². The van der Waals surface area contributed by atoms with Gasteiger partial charge in [-0.2, -0.15) is 0 Å². The second-order valence-corrected chi connectivity index (χ2v) is 6.45. The molecule has 0 aliphatic heterocycles. The van der Waals surface area contributed by atoms with E-state index in [1.165, 1.54) is 0 Å². The molecule has 1 rings (SSSR count). The molecule has 1 aromatic heterocycles. The van der Waals surface area contributed by atoms with Gasteiger partial charge in [-0.3, -0.25) is 9.52 Å². The van der Waals surface area contributed by atoms with Gasteiger partial charge in [-0.25, -0.2) is 13.4 Å². The summed E-state index contributed by atoms with van der Waals surface area (Å²) in [4.78, 5) is 15.5. The number of carbonyl (C=O) groups is 1. The van der Waals surface area contributed by atoms with Crippen molar-refractivity contribution in [1.82, 2.24) is 10.3 Å². The molecule has 18 heavy (non-hydrogen) atoms. The number of anilines is 1. The van der Waals surface area contributed by atoms with E-state index in [2.05, 4.69) is 15.0 Å². The van der Waals surface area contributed by atoms with E-state index in [0.717, 1.165) is 17.6 Å². The largest absolute Gasteiger partial charge is 0.394 e. The zero-order chi connectivity index (χ0) is 13.8. The summed E-state index contributed by atoms with van der Waals surface area (Å²) >= 11 is 1.11. The van der Waals surface area contributed by atoms with Crippen LogP contribution in [0.3, 0.4) is 0 Å². The predicted molar refractivity (Wildman–Crippen MR) is 69.0 cm³/mol. The summed E-state index contributed by atoms with van der Waals surface area (Å²) in [6, 6.07) is -0.315. The van der Waals surface area contributed by atoms with Gasteiger partial charge in [0.1, 0.15) is 0 Å². The maximum absolute atomic E-state index is 11.5. The Kier molecular flexibility index (Phi) is 5.05. The highest BCUT2D eigenvalue weighted by Crippen LogP contribution is 2.16. The molecule has 9 heteroatoms. The molecule has 102 valence electrons. The molecule has 0 spiro atoms. The van der Waals surface area contributed by atoms with Crippen LogP contribution in [0, 0.1) is 0 Å². The summed E-state index contributed by atoms with van der Waals surface area (Å²) in [5.74, 6) is -0.271. The van der Waals surface area contributed by atoms with Gasteiger partial charge >= 0.3 is 0 Å². The molecule has 0 aliphatic carbocycles. The second kappa shape index (κ2) is 6.12. The number of nitrogens with one attached hydrogen (secondary N) is 2. The smallest absolute Gasteiger partial charge is 0.231 e. The zero-order valence-corrected chi connectivity index (χ0v) is 11.6. The molecule has 1 atom stereocenters. The lowest BCUT2D eigenvalue weighted by Crippen LogP contribution is -2.36. The van der Waals surface area contributed by atoms with Crippen LogP contribution >= 0.6 is 11.3 Å². The van der Waals surface area contributed by atoms with Crippen LogP contribution in [-0.4, -0.2) is 43.3 Å². The van der Waals surface area contributed by atoms with Crippen molar-refractivity contribution < 1.29 is 18.3 Å². The average molecular weight is 293 g/mol. The third-order valence-corrected chi connectivity index (χ3v) is 3.35. The Morgan fingerprint density at radius 1 is 1.61 bits per heavy atom. The maximum atomic E-state index is 11.5. The lowest BCUT2D eigenvalue weighted by atomic mass is 10.3. The minimum Gasteiger partial charge on any atom is -0.394 e. The van der Waals surface area contributed by atoms with Crippen LogP contribution in [0.1, 0.15) is 12.6 Å². The molecule has 0 radical (unpaired) electrons.